The molecule has 0 bridgehead atoms. The maximum Gasteiger partial charge on any atom is 0.191 e. The van der Waals surface area contributed by atoms with Gasteiger partial charge in [-0.2, -0.15) is 0 Å². The van der Waals surface area contributed by atoms with Crippen LogP contribution in [0.15, 0.2) is 47.5 Å². The van der Waals surface area contributed by atoms with Crippen LogP contribution in [0, 0.1) is 17.6 Å². The Kier molecular flexibility index (Phi) is 10.5. The van der Waals surface area contributed by atoms with Gasteiger partial charge in [0, 0.05) is 44.0 Å². The summed E-state index contributed by atoms with van der Waals surface area (Å²) >= 11 is 0. The summed E-state index contributed by atoms with van der Waals surface area (Å²) in [6.45, 7) is 5.46. The summed E-state index contributed by atoms with van der Waals surface area (Å²) in [5, 5.41) is 15.5. The Morgan fingerprint density at radius 3 is 2.45 bits per heavy atom. The smallest absolute Gasteiger partial charge is 0.191 e. The molecule has 1 heterocycles. The van der Waals surface area contributed by atoms with Crippen molar-refractivity contribution in [1.29, 1.82) is 0 Å². The average molecular weight is 544 g/mol. The first-order chi connectivity index (χ1) is 14.6. The summed E-state index contributed by atoms with van der Waals surface area (Å²) in [6.07, 6.45) is 2.04. The monoisotopic (exact) mass is 544 g/mol. The van der Waals surface area contributed by atoms with Crippen molar-refractivity contribution in [3.05, 3.63) is 65.2 Å². The number of hydrogen-bond donors (Lipinski definition) is 3. The zero-order chi connectivity index (χ0) is 21.3. The number of piperidine rings is 1. The lowest BCUT2D eigenvalue weighted by atomic mass is 9.97. The fraction of sp³-hybridized carbons (Fsp3) is 0.435. The summed E-state index contributed by atoms with van der Waals surface area (Å²) in [5.74, 6) is 0.0678. The van der Waals surface area contributed by atoms with Crippen LogP contribution in [0.4, 0.5) is 14.5 Å². The molecule has 0 radical (unpaired) electrons. The minimum Gasteiger partial charge on any atom is -0.396 e. The van der Waals surface area contributed by atoms with E-state index in [9.17, 15) is 13.9 Å². The Hall–Kier alpha value is -1.94. The number of halogens is 3. The van der Waals surface area contributed by atoms with Crippen molar-refractivity contribution in [3.63, 3.8) is 0 Å². The lowest BCUT2D eigenvalue weighted by Crippen LogP contribution is -2.37. The molecule has 0 amide bonds. The lowest BCUT2D eigenvalue weighted by Gasteiger charge is -2.32. The number of aliphatic hydroxyl groups is 1. The van der Waals surface area contributed by atoms with E-state index in [-0.39, 0.29) is 42.7 Å². The Morgan fingerprint density at radius 1 is 1.10 bits per heavy atom. The summed E-state index contributed by atoms with van der Waals surface area (Å²) in [5.41, 5.74) is 2.51. The molecule has 0 atom stereocenters. The number of benzene rings is 2. The van der Waals surface area contributed by atoms with Gasteiger partial charge in [-0.1, -0.05) is 12.1 Å². The van der Waals surface area contributed by atoms with Crippen molar-refractivity contribution < 1.29 is 13.9 Å². The van der Waals surface area contributed by atoms with Crippen molar-refractivity contribution in [2.75, 3.05) is 31.1 Å². The van der Waals surface area contributed by atoms with Crippen LogP contribution in [0.2, 0.25) is 0 Å². The van der Waals surface area contributed by atoms with E-state index in [0.29, 0.717) is 25.0 Å². The Morgan fingerprint density at radius 2 is 1.81 bits per heavy atom. The fourth-order valence-corrected chi connectivity index (χ4v) is 3.56. The van der Waals surface area contributed by atoms with E-state index >= 15 is 0 Å². The molecule has 2 aromatic carbocycles. The topological polar surface area (TPSA) is 59.9 Å². The number of aliphatic hydroxyl groups excluding tert-OH is 1. The number of guanidine groups is 1. The summed E-state index contributed by atoms with van der Waals surface area (Å²) in [6, 6.07) is 11.8. The van der Waals surface area contributed by atoms with E-state index < -0.39 is 11.6 Å². The number of aliphatic imine (C=N–C) groups is 1. The molecule has 0 aliphatic carbocycles. The molecule has 3 rings (SSSR count). The molecular formula is C23H31F2IN4O. The number of nitrogens with one attached hydrogen (secondary N) is 2. The molecule has 1 aliphatic heterocycles. The standard InChI is InChI=1S/C23H30F2N4O.HI/c1-2-26-23(28-15-19-13-20(24)5-8-22(19)25)27-14-17-3-6-21(7-4-17)29-11-9-18(16-30)10-12-29;/h3-8,13,18,30H,2,9-12,14-16H2,1H3,(H2,26,27,28);1H. The zero-order valence-corrected chi connectivity index (χ0v) is 20.1. The Balaban J connectivity index is 0.00000341. The fourth-order valence-electron chi connectivity index (χ4n) is 3.56. The highest BCUT2D eigenvalue weighted by atomic mass is 127. The molecular weight excluding hydrogens is 513 g/mol. The third-order valence-electron chi connectivity index (χ3n) is 5.39. The predicted octanol–water partition coefficient (Wildman–Crippen LogP) is 4.05. The van der Waals surface area contributed by atoms with E-state index in [0.717, 1.165) is 43.6 Å². The highest BCUT2D eigenvalue weighted by Crippen LogP contribution is 2.23. The van der Waals surface area contributed by atoms with Crippen LogP contribution in [0.1, 0.15) is 30.9 Å². The molecule has 5 nitrogen and oxygen atoms in total. The number of hydrogen-bond acceptors (Lipinski definition) is 3. The molecule has 0 unspecified atom stereocenters. The zero-order valence-electron chi connectivity index (χ0n) is 17.8. The first-order valence-electron chi connectivity index (χ1n) is 10.5. The van der Waals surface area contributed by atoms with Gasteiger partial charge in [-0.05, 0) is 61.6 Å². The van der Waals surface area contributed by atoms with Crippen molar-refractivity contribution in [3.8, 4) is 0 Å². The first kappa shape index (κ1) is 25.3. The van der Waals surface area contributed by atoms with Crippen LogP contribution >= 0.6 is 24.0 Å². The van der Waals surface area contributed by atoms with Crippen molar-refractivity contribution in [2.45, 2.75) is 32.9 Å². The van der Waals surface area contributed by atoms with E-state index in [1.807, 2.05) is 6.92 Å². The molecule has 0 aromatic heterocycles. The van der Waals surface area contributed by atoms with E-state index in [2.05, 4.69) is 44.8 Å². The van der Waals surface area contributed by atoms with Crippen LogP contribution in [-0.2, 0) is 13.1 Å². The summed E-state index contributed by atoms with van der Waals surface area (Å²) in [4.78, 5) is 6.90. The van der Waals surface area contributed by atoms with Gasteiger partial charge in [0.25, 0.3) is 0 Å². The van der Waals surface area contributed by atoms with Gasteiger partial charge in [-0.3, -0.25) is 0 Å². The molecule has 3 N–H and O–H groups in total. The maximum absolute atomic E-state index is 13.8. The molecule has 0 spiro atoms. The van der Waals surface area contributed by atoms with Crippen LogP contribution in [-0.4, -0.2) is 37.3 Å². The molecule has 1 aliphatic rings. The second kappa shape index (κ2) is 12.8. The third-order valence-corrected chi connectivity index (χ3v) is 5.39. The van der Waals surface area contributed by atoms with E-state index in [1.165, 1.54) is 11.8 Å². The minimum absolute atomic E-state index is 0. The second-order valence-corrected chi connectivity index (χ2v) is 7.56. The summed E-state index contributed by atoms with van der Waals surface area (Å²) < 4.78 is 27.1. The van der Waals surface area contributed by atoms with Crippen LogP contribution in [0.25, 0.3) is 0 Å². The molecule has 0 saturated carbocycles. The molecule has 31 heavy (non-hydrogen) atoms. The number of anilines is 1. The van der Waals surface area contributed by atoms with Crippen molar-refractivity contribution >= 4 is 35.6 Å². The second-order valence-electron chi connectivity index (χ2n) is 7.56. The molecule has 1 saturated heterocycles. The summed E-state index contributed by atoms with van der Waals surface area (Å²) in [7, 11) is 0. The highest BCUT2D eigenvalue weighted by molar-refractivity contribution is 14.0. The highest BCUT2D eigenvalue weighted by Gasteiger charge is 2.18. The SMILES string of the molecule is CCNC(=NCc1ccc(N2CCC(CO)CC2)cc1)NCc1cc(F)ccc1F.I. The van der Waals surface area contributed by atoms with Crippen molar-refractivity contribution in [2.24, 2.45) is 10.9 Å². The predicted molar refractivity (Wildman–Crippen MR) is 132 cm³/mol. The largest absolute Gasteiger partial charge is 0.396 e. The first-order valence-corrected chi connectivity index (χ1v) is 10.5. The average Bonchev–Trinajstić information content (AvgIpc) is 2.78. The normalized spacial score (nSPS) is 14.8. The Bertz CT molecular complexity index is 840. The maximum atomic E-state index is 13.8. The van der Waals surface area contributed by atoms with Crippen molar-refractivity contribution in [1.82, 2.24) is 10.6 Å². The molecule has 2 aromatic rings. The number of rotatable bonds is 7. The van der Waals surface area contributed by atoms with Gasteiger partial charge >= 0.3 is 0 Å². The molecule has 1 fully saturated rings. The molecule has 8 heteroatoms. The van der Waals surface area contributed by atoms with Crippen LogP contribution in [0.3, 0.4) is 0 Å². The number of nitrogens with zero attached hydrogens (tertiary/aromatic N) is 2. The van der Waals surface area contributed by atoms with Gasteiger partial charge in [0.05, 0.1) is 6.54 Å². The third kappa shape index (κ3) is 7.60. The van der Waals surface area contributed by atoms with E-state index in [1.54, 1.807) is 0 Å². The van der Waals surface area contributed by atoms with Crippen LogP contribution in [0.5, 0.6) is 0 Å². The molecule has 170 valence electrons. The van der Waals surface area contributed by atoms with Gasteiger partial charge in [0.15, 0.2) is 5.96 Å². The quantitative estimate of drug-likeness (QED) is 0.280. The van der Waals surface area contributed by atoms with Gasteiger partial charge in [0.2, 0.25) is 0 Å². The Labute approximate surface area is 200 Å². The lowest BCUT2D eigenvalue weighted by molar-refractivity contribution is 0.203. The minimum atomic E-state index is -0.462. The van der Waals surface area contributed by atoms with Gasteiger partial charge in [-0.25, -0.2) is 13.8 Å². The van der Waals surface area contributed by atoms with Gasteiger partial charge in [0.1, 0.15) is 11.6 Å². The van der Waals surface area contributed by atoms with Gasteiger partial charge in [-0.15, -0.1) is 24.0 Å². The van der Waals surface area contributed by atoms with Gasteiger partial charge < -0.3 is 20.6 Å². The van der Waals surface area contributed by atoms with E-state index in [4.69, 9.17) is 0 Å². The van der Waals surface area contributed by atoms with Crippen LogP contribution < -0.4 is 15.5 Å².